The standard InChI is InChI=1S/C23H25N9O/c1-15-10-25-19(16-11-27-30(2)13-16)9-18(15)28-23-26-12-20-22(29-23)32(17-3-7-33-8-4-17)14-21-24-5-6-31(20)21/h5-6,9-13,17H,3-4,7-8,14H2,1-2H3,(H,25,26,28,29). The molecule has 0 aliphatic carbocycles. The predicted octanol–water partition coefficient (Wildman–Crippen LogP) is 3.01. The molecule has 0 atom stereocenters. The Hall–Kier alpha value is -3.79. The molecule has 6 rings (SSSR count). The summed E-state index contributed by atoms with van der Waals surface area (Å²) in [7, 11) is 1.90. The number of fused-ring (bicyclic) bond motifs is 3. The molecule has 168 valence electrons. The fourth-order valence-corrected chi connectivity index (χ4v) is 4.49. The van der Waals surface area contributed by atoms with Crippen LogP contribution in [-0.4, -0.2) is 53.5 Å². The second-order valence-corrected chi connectivity index (χ2v) is 8.50. The lowest BCUT2D eigenvalue weighted by Gasteiger charge is -2.38. The van der Waals surface area contributed by atoms with Gasteiger partial charge in [0.25, 0.3) is 0 Å². The molecule has 1 N–H and O–H groups in total. The van der Waals surface area contributed by atoms with E-state index in [9.17, 15) is 0 Å². The van der Waals surface area contributed by atoms with E-state index in [4.69, 9.17) is 9.72 Å². The third-order valence-electron chi connectivity index (χ3n) is 6.29. The van der Waals surface area contributed by atoms with Gasteiger partial charge in [-0.25, -0.2) is 9.97 Å². The minimum atomic E-state index is 0.366. The average Bonchev–Trinajstić information content (AvgIpc) is 3.49. The summed E-state index contributed by atoms with van der Waals surface area (Å²) in [6.07, 6.45) is 13.2. The zero-order valence-electron chi connectivity index (χ0n) is 18.6. The van der Waals surface area contributed by atoms with E-state index in [2.05, 4.69) is 34.8 Å². The normalized spacial score (nSPS) is 15.9. The quantitative estimate of drug-likeness (QED) is 0.514. The van der Waals surface area contributed by atoms with Gasteiger partial charge in [-0.1, -0.05) is 0 Å². The maximum Gasteiger partial charge on any atom is 0.229 e. The van der Waals surface area contributed by atoms with Gasteiger partial charge in [-0.2, -0.15) is 10.1 Å². The van der Waals surface area contributed by atoms with Crippen molar-refractivity contribution in [2.75, 3.05) is 23.4 Å². The van der Waals surface area contributed by atoms with Gasteiger partial charge in [0.15, 0.2) is 5.82 Å². The number of nitrogens with zero attached hydrogens (tertiary/aromatic N) is 8. The van der Waals surface area contributed by atoms with Crippen molar-refractivity contribution in [2.24, 2.45) is 7.05 Å². The van der Waals surface area contributed by atoms with E-state index >= 15 is 0 Å². The van der Waals surface area contributed by atoms with Crippen molar-refractivity contribution in [3.05, 3.63) is 54.6 Å². The van der Waals surface area contributed by atoms with Crippen molar-refractivity contribution < 1.29 is 4.74 Å². The van der Waals surface area contributed by atoms with Crippen LogP contribution in [0.5, 0.6) is 0 Å². The first-order chi connectivity index (χ1) is 16.2. The van der Waals surface area contributed by atoms with Crippen LogP contribution in [0.15, 0.2) is 43.2 Å². The lowest BCUT2D eigenvalue weighted by Crippen LogP contribution is -2.42. The zero-order chi connectivity index (χ0) is 22.4. The van der Waals surface area contributed by atoms with E-state index in [1.807, 2.05) is 57.2 Å². The minimum absolute atomic E-state index is 0.366. The molecule has 33 heavy (non-hydrogen) atoms. The number of pyridine rings is 1. The summed E-state index contributed by atoms with van der Waals surface area (Å²) in [6.45, 7) is 4.29. The van der Waals surface area contributed by atoms with E-state index in [0.717, 1.165) is 72.4 Å². The maximum atomic E-state index is 5.59. The molecule has 4 aromatic heterocycles. The lowest BCUT2D eigenvalue weighted by molar-refractivity contribution is 0.0836. The Bertz CT molecular complexity index is 1310. The number of aromatic nitrogens is 7. The second kappa shape index (κ2) is 7.96. The molecule has 6 heterocycles. The van der Waals surface area contributed by atoms with E-state index in [1.54, 1.807) is 4.68 Å². The first-order valence-corrected chi connectivity index (χ1v) is 11.1. The molecule has 2 aliphatic rings. The Labute approximate surface area is 191 Å². The van der Waals surface area contributed by atoms with Gasteiger partial charge in [0, 0.05) is 62.3 Å². The summed E-state index contributed by atoms with van der Waals surface area (Å²) in [5.41, 5.74) is 4.70. The highest BCUT2D eigenvalue weighted by molar-refractivity contribution is 5.69. The van der Waals surface area contributed by atoms with E-state index in [1.165, 1.54) is 0 Å². The van der Waals surface area contributed by atoms with Gasteiger partial charge in [-0.05, 0) is 31.4 Å². The van der Waals surface area contributed by atoms with Gasteiger partial charge in [0.05, 0.1) is 24.6 Å². The molecule has 2 aliphatic heterocycles. The first-order valence-electron chi connectivity index (χ1n) is 11.1. The molecule has 0 bridgehead atoms. The van der Waals surface area contributed by atoms with E-state index in [-0.39, 0.29) is 0 Å². The maximum absolute atomic E-state index is 5.59. The fraction of sp³-hybridized carbons (Fsp3) is 0.348. The number of ether oxygens (including phenoxy) is 1. The Morgan fingerprint density at radius 3 is 2.79 bits per heavy atom. The smallest absolute Gasteiger partial charge is 0.229 e. The van der Waals surface area contributed by atoms with Crippen LogP contribution in [0.4, 0.5) is 17.5 Å². The molecule has 1 saturated heterocycles. The molecular formula is C23H25N9O. The molecule has 10 nitrogen and oxygen atoms in total. The number of imidazole rings is 1. The van der Waals surface area contributed by atoms with Gasteiger partial charge in [-0.3, -0.25) is 14.2 Å². The highest BCUT2D eigenvalue weighted by Gasteiger charge is 2.31. The summed E-state index contributed by atoms with van der Waals surface area (Å²) < 4.78 is 9.44. The van der Waals surface area contributed by atoms with Crippen molar-refractivity contribution in [3.63, 3.8) is 0 Å². The number of hydrogen-bond donors (Lipinski definition) is 1. The minimum Gasteiger partial charge on any atom is -0.381 e. The molecule has 0 radical (unpaired) electrons. The zero-order valence-corrected chi connectivity index (χ0v) is 18.6. The van der Waals surface area contributed by atoms with Gasteiger partial charge in [0.2, 0.25) is 5.95 Å². The van der Waals surface area contributed by atoms with Gasteiger partial charge >= 0.3 is 0 Å². The van der Waals surface area contributed by atoms with Gasteiger partial charge in [-0.15, -0.1) is 0 Å². The van der Waals surface area contributed by atoms with Crippen LogP contribution in [-0.2, 0) is 18.3 Å². The van der Waals surface area contributed by atoms with Crippen LogP contribution in [0, 0.1) is 6.92 Å². The van der Waals surface area contributed by atoms with E-state index in [0.29, 0.717) is 12.0 Å². The molecule has 0 spiro atoms. The monoisotopic (exact) mass is 443 g/mol. The molecule has 0 aromatic carbocycles. The molecule has 10 heteroatoms. The van der Waals surface area contributed by atoms with Crippen LogP contribution in [0.25, 0.3) is 16.9 Å². The first kappa shape index (κ1) is 19.9. The summed E-state index contributed by atoms with van der Waals surface area (Å²) in [6, 6.07) is 2.38. The highest BCUT2D eigenvalue weighted by atomic mass is 16.5. The Kier molecular flexibility index (Phi) is 4.79. The molecule has 1 fully saturated rings. The third-order valence-corrected chi connectivity index (χ3v) is 6.29. The third kappa shape index (κ3) is 3.62. The molecule has 0 saturated carbocycles. The predicted molar refractivity (Wildman–Crippen MR) is 124 cm³/mol. The second-order valence-electron chi connectivity index (χ2n) is 8.50. The van der Waals surface area contributed by atoms with Crippen molar-refractivity contribution in [3.8, 4) is 16.9 Å². The van der Waals surface area contributed by atoms with E-state index < -0.39 is 0 Å². The highest BCUT2D eigenvalue weighted by Crippen LogP contribution is 2.34. The van der Waals surface area contributed by atoms with Crippen molar-refractivity contribution in [2.45, 2.75) is 32.4 Å². The molecule has 0 amide bonds. The summed E-state index contributed by atoms with van der Waals surface area (Å²) >= 11 is 0. The van der Waals surface area contributed by atoms with Crippen LogP contribution >= 0.6 is 0 Å². The Morgan fingerprint density at radius 2 is 1.97 bits per heavy atom. The average molecular weight is 444 g/mol. The number of nitrogens with one attached hydrogen (secondary N) is 1. The topological polar surface area (TPSA) is 98.8 Å². The number of rotatable bonds is 4. The van der Waals surface area contributed by atoms with Gasteiger partial charge < -0.3 is 15.0 Å². The number of aryl methyl sites for hydroxylation is 2. The largest absolute Gasteiger partial charge is 0.381 e. The molecule has 0 unspecified atom stereocenters. The van der Waals surface area contributed by atoms with Crippen LogP contribution in [0.3, 0.4) is 0 Å². The SMILES string of the molecule is Cc1cnc(-c2cnn(C)c2)cc1Nc1ncc2c(n1)N(C1CCOCC1)Cc1nccn1-2. The van der Waals surface area contributed by atoms with Crippen molar-refractivity contribution >= 4 is 17.5 Å². The van der Waals surface area contributed by atoms with Crippen LogP contribution in [0.2, 0.25) is 0 Å². The van der Waals surface area contributed by atoms with Gasteiger partial charge in [0.1, 0.15) is 11.5 Å². The summed E-state index contributed by atoms with van der Waals surface area (Å²) in [4.78, 5) is 21.1. The lowest BCUT2D eigenvalue weighted by atomic mass is 10.1. The molecule has 4 aromatic rings. The van der Waals surface area contributed by atoms with Crippen molar-refractivity contribution in [1.29, 1.82) is 0 Å². The Balaban J connectivity index is 1.36. The van der Waals surface area contributed by atoms with Crippen LogP contribution < -0.4 is 10.2 Å². The number of hydrogen-bond acceptors (Lipinski definition) is 8. The summed E-state index contributed by atoms with van der Waals surface area (Å²) in [5, 5.41) is 7.67. The Morgan fingerprint density at radius 1 is 1.09 bits per heavy atom. The molecular weight excluding hydrogens is 418 g/mol. The summed E-state index contributed by atoms with van der Waals surface area (Å²) in [5.74, 6) is 2.48. The van der Waals surface area contributed by atoms with Crippen LogP contribution in [0.1, 0.15) is 24.2 Å². The van der Waals surface area contributed by atoms with Crippen molar-refractivity contribution in [1.82, 2.24) is 34.3 Å². The fourth-order valence-electron chi connectivity index (χ4n) is 4.49. The number of anilines is 3.